The number of fused-ring (bicyclic) bond motifs is 4. The molecule has 0 spiro atoms. The minimum Gasteiger partial charge on any atom is -0.366 e. The summed E-state index contributed by atoms with van der Waals surface area (Å²) in [5, 5.41) is 4.21. The molecular formula is C22H29ClN2O5S2. The molecule has 4 N–H and O–H groups in total. The second kappa shape index (κ2) is 11.4. The van der Waals surface area contributed by atoms with E-state index in [1.165, 1.54) is 4.88 Å². The molecule has 2 aromatic rings. The summed E-state index contributed by atoms with van der Waals surface area (Å²) in [4.78, 5) is 26.7. The van der Waals surface area contributed by atoms with Crippen LogP contribution < -0.4 is 11.1 Å². The number of Topliss-reactive ketones (excluding diaryl/α,β-unsaturated/α-hetero) is 1. The zero-order valence-corrected chi connectivity index (χ0v) is 20.7. The number of benzene rings is 1. The molecule has 2 aliphatic heterocycles. The Labute approximate surface area is 198 Å². The lowest BCUT2D eigenvalue weighted by Crippen LogP contribution is -2.32. The second-order valence-electron chi connectivity index (χ2n) is 7.55. The first-order valence-corrected chi connectivity index (χ1v) is 13.4. The lowest BCUT2D eigenvalue weighted by molar-refractivity contribution is -0.117. The maximum atomic E-state index is 12.5. The predicted octanol–water partition coefficient (Wildman–Crippen LogP) is 3.73. The van der Waals surface area contributed by atoms with Gasteiger partial charge in [-0.2, -0.15) is 8.42 Å². The van der Waals surface area contributed by atoms with Crippen molar-refractivity contribution in [2.24, 2.45) is 5.73 Å². The molecule has 32 heavy (non-hydrogen) atoms. The molecule has 2 bridgehead atoms. The average Bonchev–Trinajstić information content (AvgIpc) is 3.25. The van der Waals surface area contributed by atoms with Crippen molar-refractivity contribution in [3.8, 4) is 0 Å². The normalized spacial score (nSPS) is 18.5. The van der Waals surface area contributed by atoms with Crippen LogP contribution in [-0.4, -0.2) is 37.0 Å². The van der Waals surface area contributed by atoms with E-state index in [0.29, 0.717) is 29.3 Å². The van der Waals surface area contributed by atoms with Crippen molar-refractivity contribution in [1.29, 1.82) is 0 Å². The molecule has 2 aliphatic rings. The van der Waals surface area contributed by atoms with Gasteiger partial charge in [0.15, 0.2) is 0 Å². The van der Waals surface area contributed by atoms with Gasteiger partial charge in [-0.05, 0) is 42.5 Å². The monoisotopic (exact) mass is 500 g/mol. The quantitative estimate of drug-likeness (QED) is 0.537. The van der Waals surface area contributed by atoms with Crippen LogP contribution in [-0.2, 0) is 34.2 Å². The van der Waals surface area contributed by atoms with Gasteiger partial charge in [-0.15, -0.1) is 11.3 Å². The number of nitrogens with two attached hydrogens (primary N) is 1. The van der Waals surface area contributed by atoms with Gasteiger partial charge < -0.3 is 11.1 Å². The summed E-state index contributed by atoms with van der Waals surface area (Å²) < 4.78 is 25.9. The minimum absolute atomic E-state index is 0.0848. The Morgan fingerprint density at radius 3 is 2.34 bits per heavy atom. The van der Waals surface area contributed by atoms with E-state index in [1.54, 1.807) is 23.5 Å². The van der Waals surface area contributed by atoms with Crippen molar-refractivity contribution in [2.45, 2.75) is 58.0 Å². The number of thiophene rings is 1. The molecule has 1 aromatic heterocycles. The van der Waals surface area contributed by atoms with Crippen LogP contribution in [0.4, 0.5) is 0 Å². The van der Waals surface area contributed by atoms with Crippen LogP contribution in [0.2, 0.25) is 5.02 Å². The Bertz CT molecular complexity index is 1060. The van der Waals surface area contributed by atoms with Crippen molar-refractivity contribution in [3.05, 3.63) is 55.7 Å². The number of nitrogens with one attached hydrogen (secondary N) is 1. The van der Waals surface area contributed by atoms with E-state index in [0.717, 1.165) is 35.3 Å². The summed E-state index contributed by atoms with van der Waals surface area (Å²) in [6.45, 7) is 4.00. The number of ketones is 1. The van der Waals surface area contributed by atoms with E-state index in [1.807, 2.05) is 26.0 Å². The second-order valence-corrected chi connectivity index (χ2v) is 10.6. The fraction of sp³-hybridized carbons (Fsp3) is 0.455. The highest BCUT2D eigenvalue weighted by atomic mass is 35.5. The Kier molecular flexibility index (Phi) is 9.41. The maximum Gasteiger partial charge on any atom is 0.261 e. The molecule has 7 nitrogen and oxygen atoms in total. The van der Waals surface area contributed by atoms with Crippen LogP contribution in [0.5, 0.6) is 0 Å². The van der Waals surface area contributed by atoms with Gasteiger partial charge in [-0.25, -0.2) is 0 Å². The van der Waals surface area contributed by atoms with Crippen LogP contribution in [0, 0.1) is 0 Å². The summed E-state index contributed by atoms with van der Waals surface area (Å²) in [6, 6.07) is 7.99. The summed E-state index contributed by atoms with van der Waals surface area (Å²) in [6.07, 6.45) is 4.41. The van der Waals surface area contributed by atoms with Crippen LogP contribution in [0.25, 0.3) is 0 Å². The number of primary amides is 1. The van der Waals surface area contributed by atoms with Gasteiger partial charge >= 0.3 is 0 Å². The predicted molar refractivity (Wildman–Crippen MR) is 128 cm³/mol. The minimum atomic E-state index is -3.67. The molecule has 0 unspecified atom stereocenters. The maximum absolute atomic E-state index is 12.5. The fourth-order valence-electron chi connectivity index (χ4n) is 3.96. The number of amides is 1. The summed E-state index contributed by atoms with van der Waals surface area (Å²) in [5.74, 6) is -0.333. The van der Waals surface area contributed by atoms with Crippen molar-refractivity contribution in [3.63, 3.8) is 0 Å². The van der Waals surface area contributed by atoms with Crippen LogP contribution in [0.1, 0.15) is 64.0 Å². The average molecular weight is 501 g/mol. The Hall–Kier alpha value is -1.78. The summed E-state index contributed by atoms with van der Waals surface area (Å²) in [5.41, 5.74) is 8.24. The number of rotatable bonds is 5. The smallest absolute Gasteiger partial charge is 0.261 e. The molecule has 1 amide bonds. The van der Waals surface area contributed by atoms with E-state index in [9.17, 15) is 18.0 Å². The molecule has 1 fully saturated rings. The SMILES string of the molecule is CC.CS(=O)(=O)O.NC(=O)c1c(CC(=O)Cc2ccc(Cl)cc2)sc2c1[C@H]1CC[C@@H](C2)N1. The Balaban J connectivity index is 0.000000460. The van der Waals surface area contributed by atoms with Crippen LogP contribution in [0.3, 0.4) is 0 Å². The summed E-state index contributed by atoms with van der Waals surface area (Å²) in [7, 11) is -3.67. The van der Waals surface area contributed by atoms with Crippen molar-refractivity contribution in [2.75, 3.05) is 6.26 Å². The van der Waals surface area contributed by atoms with Gasteiger partial charge in [0.25, 0.3) is 10.1 Å². The number of carbonyl (C=O) groups excluding carboxylic acids is 2. The van der Waals surface area contributed by atoms with E-state index >= 15 is 0 Å². The standard InChI is InChI=1S/C19H19ClN2O2S.C2H6.CH4O3S/c20-11-3-1-10(2-4-11)7-13(23)9-16-18(19(21)24)17-14-6-5-12(22-14)8-15(17)25-16;1-2;1-5(2,3)4/h1-4,12,14,22H,5-9H2,(H2,21,24);1-2H3;1H3,(H,2,3,4)/t12-,14+;;/m0../s1. The Morgan fingerprint density at radius 1 is 1.19 bits per heavy atom. The summed E-state index contributed by atoms with van der Waals surface area (Å²) >= 11 is 7.48. The van der Waals surface area contributed by atoms with Gasteiger partial charge in [-0.1, -0.05) is 37.6 Å². The molecule has 0 aliphatic carbocycles. The van der Waals surface area contributed by atoms with Gasteiger partial charge in [0, 0.05) is 39.7 Å². The van der Waals surface area contributed by atoms with E-state index in [4.69, 9.17) is 21.9 Å². The number of hydrogen-bond acceptors (Lipinski definition) is 6. The van der Waals surface area contributed by atoms with E-state index < -0.39 is 16.0 Å². The molecule has 10 heteroatoms. The third-order valence-electron chi connectivity index (χ3n) is 5.03. The lowest BCUT2D eigenvalue weighted by Gasteiger charge is -2.22. The van der Waals surface area contributed by atoms with Crippen molar-refractivity contribution in [1.82, 2.24) is 5.32 Å². The molecule has 176 valence electrons. The topological polar surface area (TPSA) is 127 Å². The van der Waals surface area contributed by atoms with Gasteiger partial charge in [-0.3, -0.25) is 14.1 Å². The lowest BCUT2D eigenvalue weighted by atomic mass is 9.95. The van der Waals surface area contributed by atoms with E-state index in [2.05, 4.69) is 5.32 Å². The Morgan fingerprint density at radius 2 is 1.78 bits per heavy atom. The third kappa shape index (κ3) is 7.38. The first-order chi connectivity index (χ1) is 15.0. The molecule has 1 aromatic carbocycles. The highest BCUT2D eigenvalue weighted by Crippen LogP contribution is 2.43. The molecule has 4 rings (SSSR count). The largest absolute Gasteiger partial charge is 0.366 e. The van der Waals surface area contributed by atoms with Crippen molar-refractivity contribution >= 4 is 44.7 Å². The molecular weight excluding hydrogens is 472 g/mol. The van der Waals surface area contributed by atoms with E-state index in [-0.39, 0.29) is 18.2 Å². The van der Waals surface area contributed by atoms with Gasteiger partial charge in [0.1, 0.15) is 5.78 Å². The van der Waals surface area contributed by atoms with Crippen molar-refractivity contribution < 1.29 is 22.6 Å². The molecule has 2 atom stereocenters. The zero-order chi connectivity index (χ0) is 24.1. The first-order valence-electron chi connectivity index (χ1n) is 10.4. The van der Waals surface area contributed by atoms with Crippen LogP contribution in [0.15, 0.2) is 24.3 Å². The number of carbonyl (C=O) groups is 2. The molecule has 1 saturated heterocycles. The molecule has 3 heterocycles. The first kappa shape index (κ1) is 26.5. The van der Waals surface area contributed by atoms with Crippen LogP contribution >= 0.6 is 22.9 Å². The fourth-order valence-corrected chi connectivity index (χ4v) is 5.57. The zero-order valence-electron chi connectivity index (χ0n) is 18.4. The molecule has 0 saturated carbocycles. The number of halogens is 1. The highest BCUT2D eigenvalue weighted by molar-refractivity contribution is 7.85. The van der Waals surface area contributed by atoms with Gasteiger partial charge in [0.2, 0.25) is 5.91 Å². The van der Waals surface area contributed by atoms with Gasteiger partial charge in [0.05, 0.1) is 11.8 Å². The highest BCUT2D eigenvalue weighted by Gasteiger charge is 2.37. The molecule has 0 radical (unpaired) electrons. The number of hydrogen-bond donors (Lipinski definition) is 3. The third-order valence-corrected chi connectivity index (χ3v) is 6.51.